The number of nitrogens with one attached hydrogen (secondary N) is 1. The summed E-state index contributed by atoms with van der Waals surface area (Å²) in [6, 6.07) is 4.67. The maximum atomic E-state index is 12.1. The van der Waals surface area contributed by atoms with Crippen LogP contribution in [0.3, 0.4) is 0 Å². The highest BCUT2D eigenvalue weighted by Gasteiger charge is 2.23. The summed E-state index contributed by atoms with van der Waals surface area (Å²) in [6.45, 7) is 0. The van der Waals surface area contributed by atoms with E-state index < -0.39 is 10.0 Å². The Morgan fingerprint density at radius 3 is 2.82 bits per heavy atom. The van der Waals surface area contributed by atoms with Crippen LogP contribution in [0.15, 0.2) is 27.6 Å². The number of sulfonamides is 1. The fourth-order valence-electron chi connectivity index (χ4n) is 1.59. The molecule has 4 nitrogen and oxygen atoms in total. The summed E-state index contributed by atoms with van der Waals surface area (Å²) >= 11 is 5.00. The van der Waals surface area contributed by atoms with Gasteiger partial charge in [0.2, 0.25) is 10.0 Å². The minimum atomic E-state index is -3.43. The highest BCUT2D eigenvalue weighted by molar-refractivity contribution is 9.10. The number of halogens is 1. The molecule has 0 spiro atoms. The molecule has 1 aromatic carbocycles. The summed E-state index contributed by atoms with van der Waals surface area (Å²) in [5.74, 6) is 1.86. The van der Waals surface area contributed by atoms with Gasteiger partial charge >= 0.3 is 0 Å². The normalized spacial score (nSPS) is 20.6. The van der Waals surface area contributed by atoms with Crippen molar-refractivity contribution in [2.24, 2.45) is 0 Å². The minimum Gasteiger partial charge on any atom is -0.398 e. The highest BCUT2D eigenvalue weighted by Crippen LogP contribution is 2.24. The second kappa shape index (κ2) is 5.17. The number of nitrogens with two attached hydrogens (primary N) is 1. The fraction of sp³-hybridized carbons (Fsp3) is 0.400. The molecule has 0 amide bonds. The van der Waals surface area contributed by atoms with Crippen molar-refractivity contribution in [1.29, 1.82) is 0 Å². The monoisotopic (exact) mass is 336 g/mol. The lowest BCUT2D eigenvalue weighted by atomic mass is 10.3. The van der Waals surface area contributed by atoms with Crippen LogP contribution in [0.1, 0.15) is 6.42 Å². The largest absolute Gasteiger partial charge is 0.398 e. The summed E-state index contributed by atoms with van der Waals surface area (Å²) in [5, 5.41) is 0. The predicted molar refractivity (Wildman–Crippen MR) is 74.6 cm³/mol. The Bertz CT molecular complexity index is 513. The first-order valence-corrected chi connectivity index (χ1v) is 8.57. The Morgan fingerprint density at radius 2 is 2.24 bits per heavy atom. The van der Waals surface area contributed by atoms with E-state index in [1.807, 2.05) is 0 Å². The molecule has 1 aromatic rings. The van der Waals surface area contributed by atoms with Crippen LogP contribution in [0, 0.1) is 0 Å². The van der Waals surface area contributed by atoms with Crippen molar-refractivity contribution in [3.05, 3.63) is 22.7 Å². The predicted octanol–water partition coefficient (Wildman–Crippen LogP) is 1.82. The lowest BCUT2D eigenvalue weighted by Crippen LogP contribution is -2.34. The highest BCUT2D eigenvalue weighted by atomic mass is 79.9. The van der Waals surface area contributed by atoms with E-state index in [0.29, 0.717) is 10.2 Å². The Kier molecular flexibility index (Phi) is 4.02. The van der Waals surface area contributed by atoms with Gasteiger partial charge in [-0.15, -0.1) is 0 Å². The van der Waals surface area contributed by atoms with Crippen LogP contribution in [-0.2, 0) is 10.0 Å². The third kappa shape index (κ3) is 3.15. The molecule has 1 aliphatic heterocycles. The molecular weight excluding hydrogens is 324 g/mol. The molecule has 2 rings (SSSR count). The summed E-state index contributed by atoms with van der Waals surface area (Å²) < 4.78 is 27.4. The molecule has 1 heterocycles. The van der Waals surface area contributed by atoms with Gasteiger partial charge in [-0.1, -0.05) is 0 Å². The number of hydrogen-bond acceptors (Lipinski definition) is 4. The zero-order valence-electron chi connectivity index (χ0n) is 9.02. The van der Waals surface area contributed by atoms with Gasteiger partial charge in [-0.05, 0) is 46.3 Å². The van der Waals surface area contributed by atoms with E-state index in [0.717, 1.165) is 17.9 Å². The van der Waals surface area contributed by atoms with Crippen LogP contribution in [0.5, 0.6) is 0 Å². The van der Waals surface area contributed by atoms with Gasteiger partial charge in [-0.25, -0.2) is 13.1 Å². The van der Waals surface area contributed by atoms with E-state index in [1.165, 1.54) is 12.1 Å². The molecule has 1 aliphatic rings. The molecule has 0 aromatic heterocycles. The Balaban J connectivity index is 2.21. The van der Waals surface area contributed by atoms with Gasteiger partial charge in [0.25, 0.3) is 0 Å². The Hall–Kier alpha value is -0.240. The van der Waals surface area contributed by atoms with Gasteiger partial charge in [-0.2, -0.15) is 11.8 Å². The second-order valence-electron chi connectivity index (χ2n) is 3.87. The van der Waals surface area contributed by atoms with E-state index in [-0.39, 0.29) is 10.9 Å². The van der Waals surface area contributed by atoms with Crippen LogP contribution < -0.4 is 10.5 Å². The molecule has 0 aliphatic carbocycles. The Labute approximate surface area is 114 Å². The average molecular weight is 337 g/mol. The number of thioether (sulfide) groups is 1. The van der Waals surface area contributed by atoms with Crippen molar-refractivity contribution in [2.75, 3.05) is 17.2 Å². The zero-order chi connectivity index (χ0) is 12.5. The molecule has 1 saturated heterocycles. The van der Waals surface area contributed by atoms with Gasteiger partial charge in [0.1, 0.15) is 0 Å². The molecular formula is C10H13BrN2O2S2. The van der Waals surface area contributed by atoms with Crippen LogP contribution in [0.4, 0.5) is 5.69 Å². The molecule has 0 saturated carbocycles. The van der Waals surface area contributed by atoms with Gasteiger partial charge in [0.15, 0.2) is 0 Å². The third-order valence-corrected chi connectivity index (χ3v) is 5.90. The molecule has 94 valence electrons. The molecule has 7 heteroatoms. The number of hydrogen-bond donors (Lipinski definition) is 2. The summed E-state index contributed by atoms with van der Waals surface area (Å²) in [7, 11) is -3.43. The maximum Gasteiger partial charge on any atom is 0.240 e. The summed E-state index contributed by atoms with van der Waals surface area (Å²) in [5.41, 5.74) is 6.16. The van der Waals surface area contributed by atoms with Crippen LogP contribution in [0.25, 0.3) is 0 Å². The van der Waals surface area contributed by atoms with E-state index in [2.05, 4.69) is 20.7 Å². The zero-order valence-corrected chi connectivity index (χ0v) is 12.2. The summed E-state index contributed by atoms with van der Waals surface area (Å²) in [6.07, 6.45) is 0.889. The number of benzene rings is 1. The van der Waals surface area contributed by atoms with E-state index in [4.69, 9.17) is 5.73 Å². The standard InChI is InChI=1S/C10H13BrN2O2S2/c11-9-5-8(1-2-10(9)12)17(14,15)13-7-3-4-16-6-7/h1-2,5,7,13H,3-4,6,12H2. The van der Waals surface area contributed by atoms with Crippen LogP contribution >= 0.6 is 27.7 Å². The topological polar surface area (TPSA) is 72.2 Å². The van der Waals surface area contributed by atoms with Gasteiger partial charge in [-0.3, -0.25) is 0 Å². The molecule has 0 bridgehead atoms. The first-order chi connectivity index (χ1) is 7.99. The fourth-order valence-corrected chi connectivity index (χ4v) is 4.67. The van der Waals surface area contributed by atoms with Crippen LogP contribution in [0.2, 0.25) is 0 Å². The van der Waals surface area contributed by atoms with Crippen molar-refractivity contribution in [1.82, 2.24) is 4.72 Å². The van der Waals surface area contributed by atoms with Crippen LogP contribution in [-0.4, -0.2) is 26.0 Å². The first kappa shape index (κ1) is 13.2. The second-order valence-corrected chi connectivity index (χ2v) is 7.58. The first-order valence-electron chi connectivity index (χ1n) is 5.14. The Morgan fingerprint density at radius 1 is 1.47 bits per heavy atom. The quantitative estimate of drug-likeness (QED) is 0.826. The molecule has 1 atom stereocenters. The third-order valence-electron chi connectivity index (χ3n) is 2.53. The van der Waals surface area contributed by atoms with Gasteiger partial charge < -0.3 is 5.73 Å². The number of rotatable bonds is 3. The van der Waals surface area contributed by atoms with E-state index >= 15 is 0 Å². The van der Waals surface area contributed by atoms with Crippen molar-refractivity contribution < 1.29 is 8.42 Å². The molecule has 1 fully saturated rings. The van der Waals surface area contributed by atoms with E-state index in [9.17, 15) is 8.42 Å². The summed E-state index contributed by atoms with van der Waals surface area (Å²) in [4.78, 5) is 0.246. The average Bonchev–Trinajstić information content (AvgIpc) is 2.73. The van der Waals surface area contributed by atoms with E-state index in [1.54, 1.807) is 17.8 Å². The van der Waals surface area contributed by atoms with Gasteiger partial charge in [0, 0.05) is 22.0 Å². The van der Waals surface area contributed by atoms with Crippen molar-refractivity contribution in [2.45, 2.75) is 17.4 Å². The molecule has 17 heavy (non-hydrogen) atoms. The smallest absolute Gasteiger partial charge is 0.240 e. The van der Waals surface area contributed by atoms with Crippen molar-refractivity contribution >= 4 is 43.4 Å². The molecule has 3 N–H and O–H groups in total. The lowest BCUT2D eigenvalue weighted by Gasteiger charge is -2.12. The lowest BCUT2D eigenvalue weighted by molar-refractivity contribution is 0.563. The molecule has 0 radical (unpaired) electrons. The minimum absolute atomic E-state index is 0.0429. The van der Waals surface area contributed by atoms with Crippen molar-refractivity contribution in [3.63, 3.8) is 0 Å². The maximum absolute atomic E-state index is 12.1. The van der Waals surface area contributed by atoms with Gasteiger partial charge in [0.05, 0.1) is 4.90 Å². The number of anilines is 1. The SMILES string of the molecule is Nc1ccc(S(=O)(=O)NC2CCSC2)cc1Br. The van der Waals surface area contributed by atoms with Crippen molar-refractivity contribution in [3.8, 4) is 0 Å². The molecule has 1 unspecified atom stereocenters. The number of nitrogen functional groups attached to an aromatic ring is 1.